The Bertz CT molecular complexity index is 1080. The Balaban J connectivity index is 2.05. The lowest BCUT2D eigenvalue weighted by atomic mass is 10.0. The molecule has 2 aromatic carbocycles. The number of aromatic nitrogens is 1. The molecule has 0 spiro atoms. The molecule has 0 saturated carbocycles. The minimum absolute atomic E-state index is 0.185. The summed E-state index contributed by atoms with van der Waals surface area (Å²) in [7, 11) is 0. The van der Waals surface area contributed by atoms with E-state index in [-0.39, 0.29) is 3.74 Å². The fourth-order valence-corrected chi connectivity index (χ4v) is 3.63. The fraction of sp³-hybridized carbons (Fsp3) is 0.250. The van der Waals surface area contributed by atoms with Crippen molar-refractivity contribution in [2.24, 2.45) is 0 Å². The predicted octanol–water partition coefficient (Wildman–Crippen LogP) is 6.44. The molecule has 1 aromatic heterocycles. The summed E-state index contributed by atoms with van der Waals surface area (Å²) in [6.07, 6.45) is -1.02. The van der Waals surface area contributed by atoms with Crippen LogP contribution in [0, 0.1) is 11.3 Å². The highest BCUT2D eigenvalue weighted by Gasteiger charge is 2.27. The summed E-state index contributed by atoms with van der Waals surface area (Å²) in [4.78, 5) is 17.5. The smallest absolute Gasteiger partial charge is 0.412 e. The lowest BCUT2D eigenvalue weighted by Crippen LogP contribution is -2.45. The Morgan fingerprint density at radius 3 is 2.39 bits per heavy atom. The van der Waals surface area contributed by atoms with Crippen molar-refractivity contribution >= 4 is 54.7 Å². The van der Waals surface area contributed by atoms with Gasteiger partial charge in [-0.1, -0.05) is 31.9 Å². The Hall–Kier alpha value is -2.37. The van der Waals surface area contributed by atoms with Crippen molar-refractivity contribution in [3.63, 3.8) is 0 Å². The maximum absolute atomic E-state index is 11.6. The lowest BCUT2D eigenvalue weighted by Gasteiger charge is -2.33. The van der Waals surface area contributed by atoms with Crippen LogP contribution in [0.25, 0.3) is 22.6 Å². The quantitative estimate of drug-likeness (QED) is 0.413. The molecule has 0 saturated heterocycles. The Morgan fingerprint density at radius 1 is 1.25 bits per heavy atom. The van der Waals surface area contributed by atoms with Gasteiger partial charge in [0.15, 0.2) is 5.58 Å². The van der Waals surface area contributed by atoms with Gasteiger partial charge in [-0.2, -0.15) is 5.26 Å². The number of rotatable bonds is 3. The number of halogens is 2. The molecule has 3 aromatic rings. The van der Waals surface area contributed by atoms with Crippen molar-refractivity contribution < 1.29 is 14.3 Å². The molecule has 0 atom stereocenters. The summed E-state index contributed by atoms with van der Waals surface area (Å²) in [6.45, 7) is 5.50. The zero-order chi connectivity index (χ0) is 20.6. The number of nitriles is 1. The van der Waals surface area contributed by atoms with Crippen LogP contribution in [0.2, 0.25) is 0 Å². The number of hydrogen-bond donors (Lipinski definition) is 1. The number of carbonyl (C=O) groups is 1. The number of anilines is 1. The van der Waals surface area contributed by atoms with Crippen LogP contribution in [0.3, 0.4) is 0 Å². The molecule has 0 radical (unpaired) electrons. The SMILES string of the molecule is CC(C)(C)N(C(=O)O)c1ccc(-c2nc3cc(C#N)cc(C(Br)Br)c3o2)cc1. The van der Waals surface area contributed by atoms with Gasteiger partial charge in [0.05, 0.1) is 15.4 Å². The molecule has 0 fully saturated rings. The first-order chi connectivity index (χ1) is 13.1. The van der Waals surface area contributed by atoms with Gasteiger partial charge in [-0.05, 0) is 57.2 Å². The van der Waals surface area contributed by atoms with Crippen LogP contribution < -0.4 is 4.90 Å². The summed E-state index contributed by atoms with van der Waals surface area (Å²) >= 11 is 6.90. The van der Waals surface area contributed by atoms with Crippen LogP contribution >= 0.6 is 31.9 Å². The van der Waals surface area contributed by atoms with E-state index in [9.17, 15) is 15.2 Å². The van der Waals surface area contributed by atoms with E-state index in [0.717, 1.165) is 5.56 Å². The summed E-state index contributed by atoms with van der Waals surface area (Å²) in [5.74, 6) is 0.399. The van der Waals surface area contributed by atoms with Crippen molar-refractivity contribution in [3.8, 4) is 17.5 Å². The van der Waals surface area contributed by atoms with E-state index in [1.807, 2.05) is 20.8 Å². The third-order valence-corrected chi connectivity index (χ3v) is 5.10. The molecule has 0 unspecified atom stereocenters. The van der Waals surface area contributed by atoms with E-state index in [1.165, 1.54) is 4.90 Å². The maximum atomic E-state index is 11.6. The van der Waals surface area contributed by atoms with E-state index in [4.69, 9.17) is 4.42 Å². The topological polar surface area (TPSA) is 90.4 Å². The van der Waals surface area contributed by atoms with E-state index in [1.54, 1.807) is 36.4 Å². The van der Waals surface area contributed by atoms with Crippen LogP contribution in [0.5, 0.6) is 0 Å². The largest absolute Gasteiger partial charge is 0.465 e. The van der Waals surface area contributed by atoms with Crippen LogP contribution in [0.1, 0.15) is 35.6 Å². The second kappa shape index (κ2) is 7.57. The summed E-state index contributed by atoms with van der Waals surface area (Å²) in [5.41, 5.74) is 3.13. The number of oxazole rings is 1. The standard InChI is InChI=1S/C20H17Br2N3O3/c1-20(2,3)25(19(26)27)13-6-4-12(5-7-13)18-24-15-9-11(10-23)8-14(17(21)22)16(15)28-18/h4-9,17H,1-3H3,(H,26,27). The molecule has 8 heteroatoms. The lowest BCUT2D eigenvalue weighted by molar-refractivity contribution is 0.195. The normalized spacial score (nSPS) is 11.6. The van der Waals surface area contributed by atoms with Gasteiger partial charge in [-0.3, -0.25) is 4.90 Å². The number of benzene rings is 2. The number of alkyl halides is 2. The average molecular weight is 507 g/mol. The van der Waals surface area contributed by atoms with Gasteiger partial charge in [0.2, 0.25) is 5.89 Å². The van der Waals surface area contributed by atoms with Crippen LogP contribution in [-0.4, -0.2) is 21.7 Å². The van der Waals surface area contributed by atoms with E-state index >= 15 is 0 Å². The fourth-order valence-electron chi connectivity index (χ4n) is 2.95. The van der Waals surface area contributed by atoms with Crippen LogP contribution in [0.15, 0.2) is 40.8 Å². The zero-order valence-electron chi connectivity index (χ0n) is 15.4. The molecule has 28 heavy (non-hydrogen) atoms. The van der Waals surface area contributed by atoms with Gasteiger partial charge in [0.25, 0.3) is 0 Å². The number of fused-ring (bicyclic) bond motifs is 1. The molecule has 1 heterocycles. The van der Waals surface area contributed by atoms with E-state index in [0.29, 0.717) is 33.8 Å². The average Bonchev–Trinajstić information content (AvgIpc) is 3.03. The van der Waals surface area contributed by atoms with Crippen molar-refractivity contribution in [3.05, 3.63) is 47.5 Å². The van der Waals surface area contributed by atoms with Gasteiger partial charge in [0.1, 0.15) is 5.52 Å². The van der Waals surface area contributed by atoms with Crippen LogP contribution in [0.4, 0.5) is 10.5 Å². The maximum Gasteiger partial charge on any atom is 0.412 e. The van der Waals surface area contributed by atoms with E-state index < -0.39 is 11.6 Å². The third-order valence-electron chi connectivity index (χ3n) is 4.12. The first-order valence-corrected chi connectivity index (χ1v) is 10.2. The zero-order valence-corrected chi connectivity index (χ0v) is 18.6. The van der Waals surface area contributed by atoms with Gasteiger partial charge >= 0.3 is 6.09 Å². The summed E-state index contributed by atoms with van der Waals surface area (Å²) in [6, 6.07) is 12.5. The Labute approximate surface area is 179 Å². The van der Waals surface area contributed by atoms with Crippen molar-refractivity contribution in [2.75, 3.05) is 4.90 Å². The molecule has 0 aliphatic rings. The number of hydrogen-bond acceptors (Lipinski definition) is 4. The Kier molecular flexibility index (Phi) is 5.50. The molecule has 144 valence electrons. The molecular formula is C20H17Br2N3O3. The minimum Gasteiger partial charge on any atom is -0.465 e. The molecule has 1 N–H and O–H groups in total. The second-order valence-corrected chi connectivity index (χ2v) is 10.2. The van der Waals surface area contributed by atoms with E-state index in [2.05, 4.69) is 42.9 Å². The number of amides is 1. The first-order valence-electron chi connectivity index (χ1n) is 8.38. The molecular weight excluding hydrogens is 490 g/mol. The number of nitrogens with zero attached hydrogens (tertiary/aromatic N) is 3. The van der Waals surface area contributed by atoms with Gasteiger partial charge in [-0.15, -0.1) is 0 Å². The van der Waals surface area contributed by atoms with Crippen molar-refractivity contribution in [1.82, 2.24) is 4.98 Å². The summed E-state index contributed by atoms with van der Waals surface area (Å²) in [5, 5.41) is 18.8. The number of carboxylic acid groups (broad SMARTS) is 1. The molecule has 0 aliphatic heterocycles. The highest BCUT2D eigenvalue weighted by Crippen LogP contribution is 2.37. The van der Waals surface area contributed by atoms with Crippen LogP contribution in [-0.2, 0) is 0 Å². The monoisotopic (exact) mass is 505 g/mol. The highest BCUT2D eigenvalue weighted by atomic mass is 79.9. The van der Waals surface area contributed by atoms with Gasteiger partial charge in [0, 0.05) is 22.4 Å². The molecule has 6 nitrogen and oxygen atoms in total. The second-order valence-electron chi connectivity index (χ2n) is 7.18. The van der Waals surface area contributed by atoms with Gasteiger partial charge < -0.3 is 9.52 Å². The predicted molar refractivity (Wildman–Crippen MR) is 115 cm³/mol. The highest BCUT2D eigenvalue weighted by molar-refractivity contribution is 9.24. The Morgan fingerprint density at radius 2 is 1.89 bits per heavy atom. The molecule has 1 amide bonds. The van der Waals surface area contributed by atoms with Gasteiger partial charge in [-0.25, -0.2) is 9.78 Å². The molecule has 3 rings (SSSR count). The third kappa shape index (κ3) is 3.91. The molecule has 0 bridgehead atoms. The summed E-state index contributed by atoms with van der Waals surface area (Å²) < 4.78 is 5.77. The van der Waals surface area contributed by atoms with Crippen molar-refractivity contribution in [1.29, 1.82) is 5.26 Å². The first kappa shape index (κ1) is 20.4. The van der Waals surface area contributed by atoms with Crippen molar-refractivity contribution in [2.45, 2.75) is 30.0 Å². The molecule has 0 aliphatic carbocycles. The minimum atomic E-state index is -1.02.